The van der Waals surface area contributed by atoms with E-state index in [0.29, 0.717) is 12.8 Å². The molecule has 12 heteroatoms. The SMILES string of the molecule is COC(OCCCCC(=O)NN)C(O)C(O)C(O)C(C)CCP(=O)(O)O. The van der Waals surface area contributed by atoms with Gasteiger partial charge in [-0.15, -0.1) is 0 Å². The lowest BCUT2D eigenvalue weighted by molar-refractivity contribution is -0.218. The number of unbranched alkanes of at least 4 members (excludes halogenated alkanes) is 1. The fraction of sp³-hybridized carbons (Fsp3) is 0.929. The van der Waals surface area contributed by atoms with E-state index >= 15 is 0 Å². The van der Waals surface area contributed by atoms with Crippen molar-refractivity contribution in [2.45, 2.75) is 57.2 Å². The van der Waals surface area contributed by atoms with E-state index in [0.717, 1.165) is 0 Å². The number of nitrogens with two attached hydrogens (primary N) is 1. The van der Waals surface area contributed by atoms with Crippen molar-refractivity contribution in [1.29, 1.82) is 0 Å². The molecule has 0 radical (unpaired) electrons. The Morgan fingerprint density at radius 2 is 1.77 bits per heavy atom. The first-order valence-corrected chi connectivity index (χ1v) is 10.1. The molecule has 0 aliphatic heterocycles. The van der Waals surface area contributed by atoms with Crippen LogP contribution in [0.3, 0.4) is 0 Å². The lowest BCUT2D eigenvalue weighted by atomic mass is 9.94. The maximum absolute atomic E-state index is 11.0. The zero-order valence-electron chi connectivity index (χ0n) is 15.0. The van der Waals surface area contributed by atoms with Crippen molar-refractivity contribution < 1.29 is 43.9 Å². The van der Waals surface area contributed by atoms with Gasteiger partial charge in [-0.05, 0) is 25.2 Å². The highest BCUT2D eigenvalue weighted by Gasteiger charge is 2.35. The number of hydrogen-bond acceptors (Lipinski definition) is 8. The highest BCUT2D eigenvalue weighted by molar-refractivity contribution is 7.51. The molecular formula is C14H31N2O9P. The van der Waals surface area contributed by atoms with Gasteiger partial charge < -0.3 is 34.6 Å². The summed E-state index contributed by atoms with van der Waals surface area (Å²) >= 11 is 0. The Bertz CT molecular complexity index is 448. The standard InChI is InChI=1S/C14H31N2O9P/c1-9(6-8-26(21,22)23)11(18)12(19)13(20)14(24-2)25-7-4-3-5-10(17)16-15/h9,11-14,18-20H,3-8,15H2,1-2H3,(H,16,17)(H2,21,22,23). The van der Waals surface area contributed by atoms with Crippen LogP contribution >= 0.6 is 7.60 Å². The van der Waals surface area contributed by atoms with E-state index in [-0.39, 0.29) is 25.4 Å². The van der Waals surface area contributed by atoms with Gasteiger partial charge in [0.1, 0.15) is 12.2 Å². The summed E-state index contributed by atoms with van der Waals surface area (Å²) in [7, 11) is -2.95. The molecule has 1 amide bonds. The molecule has 5 atom stereocenters. The zero-order valence-corrected chi connectivity index (χ0v) is 15.9. The number of ether oxygens (including phenoxy) is 2. The van der Waals surface area contributed by atoms with Crippen molar-refractivity contribution >= 4 is 13.5 Å². The summed E-state index contributed by atoms with van der Waals surface area (Å²) in [6, 6.07) is 0. The van der Waals surface area contributed by atoms with Crippen LogP contribution in [0, 0.1) is 5.92 Å². The van der Waals surface area contributed by atoms with Crippen molar-refractivity contribution in [2.75, 3.05) is 19.9 Å². The van der Waals surface area contributed by atoms with Crippen molar-refractivity contribution in [3.05, 3.63) is 0 Å². The van der Waals surface area contributed by atoms with Crippen LogP contribution in [0.5, 0.6) is 0 Å². The molecule has 0 bridgehead atoms. The molecular weight excluding hydrogens is 371 g/mol. The second kappa shape index (κ2) is 12.7. The first-order valence-electron chi connectivity index (χ1n) is 8.26. The molecule has 26 heavy (non-hydrogen) atoms. The van der Waals surface area contributed by atoms with Crippen LogP contribution < -0.4 is 11.3 Å². The van der Waals surface area contributed by atoms with Crippen LogP contribution in [0.4, 0.5) is 0 Å². The Balaban J connectivity index is 4.39. The summed E-state index contributed by atoms with van der Waals surface area (Å²) in [5.74, 6) is 3.97. The van der Waals surface area contributed by atoms with E-state index in [4.69, 9.17) is 25.1 Å². The number of hydrazine groups is 1. The number of aliphatic hydroxyl groups excluding tert-OH is 3. The minimum absolute atomic E-state index is 0.0308. The number of methoxy groups -OCH3 is 1. The van der Waals surface area contributed by atoms with Crippen molar-refractivity contribution in [2.24, 2.45) is 11.8 Å². The van der Waals surface area contributed by atoms with Crippen molar-refractivity contribution in [1.82, 2.24) is 5.43 Å². The van der Waals surface area contributed by atoms with Gasteiger partial charge in [0, 0.05) is 20.1 Å². The van der Waals surface area contributed by atoms with Gasteiger partial charge in [-0.1, -0.05) is 6.92 Å². The zero-order chi connectivity index (χ0) is 20.3. The van der Waals surface area contributed by atoms with Gasteiger partial charge in [-0.3, -0.25) is 14.8 Å². The van der Waals surface area contributed by atoms with Gasteiger partial charge in [-0.2, -0.15) is 0 Å². The number of rotatable bonds is 14. The molecule has 0 fully saturated rings. The summed E-state index contributed by atoms with van der Waals surface area (Å²) in [5, 5.41) is 30.3. The second-order valence-corrected chi connectivity index (χ2v) is 7.90. The van der Waals surface area contributed by atoms with Crippen molar-refractivity contribution in [3.8, 4) is 0 Å². The first kappa shape index (κ1) is 25.4. The summed E-state index contributed by atoms with van der Waals surface area (Å²) < 4.78 is 21.1. The van der Waals surface area contributed by atoms with Gasteiger partial charge in [0.15, 0.2) is 6.29 Å². The monoisotopic (exact) mass is 402 g/mol. The molecule has 0 heterocycles. The van der Waals surface area contributed by atoms with Gasteiger partial charge in [0.25, 0.3) is 0 Å². The van der Waals surface area contributed by atoms with E-state index in [2.05, 4.69) is 0 Å². The minimum Gasteiger partial charge on any atom is -0.390 e. The van der Waals surface area contributed by atoms with Crippen LogP contribution in [-0.4, -0.2) is 75.5 Å². The Morgan fingerprint density at radius 1 is 1.15 bits per heavy atom. The summed E-state index contributed by atoms with van der Waals surface area (Å²) in [6.45, 7) is 1.64. The highest BCUT2D eigenvalue weighted by atomic mass is 31.2. The van der Waals surface area contributed by atoms with Gasteiger partial charge in [0.05, 0.1) is 12.3 Å². The number of aliphatic hydroxyl groups is 3. The molecule has 5 unspecified atom stereocenters. The van der Waals surface area contributed by atoms with Gasteiger partial charge >= 0.3 is 7.60 Å². The van der Waals surface area contributed by atoms with E-state index in [9.17, 15) is 24.7 Å². The van der Waals surface area contributed by atoms with Crippen LogP contribution in [-0.2, 0) is 18.8 Å². The lowest BCUT2D eigenvalue weighted by Gasteiger charge is -2.31. The molecule has 156 valence electrons. The predicted molar refractivity (Wildman–Crippen MR) is 91.6 cm³/mol. The van der Waals surface area contributed by atoms with Crippen molar-refractivity contribution in [3.63, 3.8) is 0 Å². The first-order chi connectivity index (χ1) is 12.0. The van der Waals surface area contributed by atoms with Crippen LogP contribution in [0.15, 0.2) is 0 Å². The third-order valence-corrected chi connectivity index (χ3v) is 4.75. The Morgan fingerprint density at radius 3 is 2.27 bits per heavy atom. The lowest BCUT2D eigenvalue weighted by Crippen LogP contribution is -2.48. The molecule has 0 aromatic rings. The molecule has 0 aliphatic rings. The number of carbonyl (C=O) groups is 1. The Hall–Kier alpha value is -0.620. The highest BCUT2D eigenvalue weighted by Crippen LogP contribution is 2.36. The maximum Gasteiger partial charge on any atom is 0.325 e. The molecule has 11 nitrogen and oxygen atoms in total. The maximum atomic E-state index is 11.0. The second-order valence-electron chi connectivity index (χ2n) is 6.13. The number of carbonyl (C=O) groups excluding carboxylic acids is 1. The van der Waals surface area contributed by atoms with Crippen LogP contribution in [0.1, 0.15) is 32.6 Å². The fourth-order valence-corrected chi connectivity index (χ4v) is 2.95. The molecule has 8 N–H and O–H groups in total. The van der Waals surface area contributed by atoms with Gasteiger partial charge in [0.2, 0.25) is 5.91 Å². The molecule has 0 spiro atoms. The van der Waals surface area contributed by atoms with E-state index in [1.807, 2.05) is 5.43 Å². The van der Waals surface area contributed by atoms with Crippen LogP contribution in [0.2, 0.25) is 0 Å². The summed E-state index contributed by atoms with van der Waals surface area (Å²) in [4.78, 5) is 28.7. The average molecular weight is 402 g/mol. The average Bonchev–Trinajstić information content (AvgIpc) is 2.59. The summed E-state index contributed by atoms with van der Waals surface area (Å²) in [6.07, 6.45) is -5.10. The minimum atomic E-state index is -4.21. The quantitative estimate of drug-likeness (QED) is 0.0445. The number of hydrogen-bond donors (Lipinski definition) is 7. The topological polar surface area (TPSA) is 192 Å². The fourth-order valence-electron chi connectivity index (χ4n) is 2.21. The molecule has 0 saturated carbocycles. The molecule has 0 aromatic heterocycles. The smallest absolute Gasteiger partial charge is 0.325 e. The van der Waals surface area contributed by atoms with E-state index in [1.54, 1.807) is 0 Å². The number of nitrogens with one attached hydrogen (secondary N) is 1. The molecule has 0 aromatic carbocycles. The third kappa shape index (κ3) is 10.5. The summed E-state index contributed by atoms with van der Waals surface area (Å²) in [5.41, 5.74) is 2.00. The third-order valence-electron chi connectivity index (χ3n) is 3.91. The largest absolute Gasteiger partial charge is 0.390 e. The Labute approximate surface area is 152 Å². The van der Waals surface area contributed by atoms with Gasteiger partial charge in [-0.25, -0.2) is 5.84 Å². The normalized spacial score (nSPS) is 18.0. The predicted octanol–water partition coefficient (Wildman–Crippen LogP) is -1.58. The van der Waals surface area contributed by atoms with E-state index < -0.39 is 44.3 Å². The number of amides is 1. The molecule has 0 saturated heterocycles. The van der Waals surface area contributed by atoms with Crippen LogP contribution in [0.25, 0.3) is 0 Å². The molecule has 0 rings (SSSR count). The van der Waals surface area contributed by atoms with E-state index in [1.165, 1.54) is 14.0 Å². The molecule has 0 aliphatic carbocycles. The Kier molecular flexibility index (Phi) is 12.4.